The van der Waals surface area contributed by atoms with E-state index in [2.05, 4.69) is 53.8 Å². The molecule has 0 spiro atoms. The lowest BCUT2D eigenvalue weighted by Crippen LogP contribution is -2.65. The number of aliphatic hydroxyl groups is 2. The second-order valence-electron chi connectivity index (χ2n) is 14.2. The predicted molar refractivity (Wildman–Crippen MR) is 283 cm³/mol. The van der Waals surface area contributed by atoms with E-state index in [9.17, 15) is 10.2 Å². The lowest BCUT2D eigenvalue weighted by atomic mass is 10.2. The molecule has 0 radical (unpaired) electrons. The molecule has 0 aromatic heterocycles. The van der Waals surface area contributed by atoms with Gasteiger partial charge in [-0.2, -0.15) is 9.98 Å². The van der Waals surface area contributed by atoms with E-state index in [0.717, 1.165) is 136 Å². The van der Waals surface area contributed by atoms with Crippen molar-refractivity contribution in [2.45, 2.75) is 25.9 Å². The Morgan fingerprint density at radius 1 is 0.508 bits per heavy atom. The monoisotopic (exact) mass is 1070 g/mol. The van der Waals surface area contributed by atoms with E-state index in [4.69, 9.17) is 32.7 Å². The van der Waals surface area contributed by atoms with Crippen molar-refractivity contribution in [1.82, 2.24) is 19.6 Å². The summed E-state index contributed by atoms with van der Waals surface area (Å²) >= 11 is 14.8. The van der Waals surface area contributed by atoms with Crippen molar-refractivity contribution in [1.29, 1.82) is 0 Å². The van der Waals surface area contributed by atoms with Gasteiger partial charge >= 0.3 is 10.5 Å². The number of nitrogens with zero attached hydrogens (tertiary/aromatic N) is 4. The fourth-order valence-electron chi connectivity index (χ4n) is 6.75. The number of hydrogen-bond donors (Lipinski definition) is 4. The highest BCUT2D eigenvalue weighted by Gasteiger charge is 2.19. The van der Waals surface area contributed by atoms with Gasteiger partial charge in [-0.3, -0.25) is 9.80 Å². The minimum absolute atomic E-state index is 0. The molecule has 0 atom stereocenters. The molecule has 2 saturated heterocycles. The van der Waals surface area contributed by atoms with Crippen molar-refractivity contribution in [3.8, 4) is 11.5 Å². The van der Waals surface area contributed by atoms with Crippen LogP contribution in [0.15, 0.2) is 97.1 Å². The maximum atomic E-state index is 10.1. The molecule has 0 bridgehead atoms. The highest BCUT2D eigenvalue weighted by atomic mass is 35.5. The Morgan fingerprint density at radius 3 is 1.14 bits per heavy atom. The van der Waals surface area contributed by atoms with Crippen LogP contribution in [0.4, 0.5) is 11.4 Å². The minimum Gasteiger partial charge on any atom is -0.490 e. The topological polar surface area (TPSA) is 194 Å². The number of piperazine rings is 2. The van der Waals surface area contributed by atoms with Crippen LogP contribution in [-0.4, -0.2) is 148 Å². The lowest BCUT2D eigenvalue weighted by molar-refractivity contribution is -0.362. The van der Waals surface area contributed by atoms with Crippen LogP contribution in [0.1, 0.15) is 24.0 Å². The fraction of sp³-hybridized carbons (Fsp3) is 0.409. The first-order valence-electron chi connectivity index (χ1n) is 19.8. The third kappa shape index (κ3) is 25.0. The minimum atomic E-state index is 0. The highest BCUT2D eigenvalue weighted by molar-refractivity contribution is 8.13. The number of thioether (sulfide) groups is 2. The number of hydrogen-bond acceptors (Lipinski definition) is 8. The first-order chi connectivity index (χ1) is 28.3. The number of benzene rings is 4. The summed E-state index contributed by atoms with van der Waals surface area (Å²) < 4.78 is 10.6. The Hall–Kier alpha value is -2.42. The maximum absolute atomic E-state index is 10.1. The largest absolute Gasteiger partial charge is 0.490 e. The molecular weight excluding hydrogens is 1000 g/mol. The van der Waals surface area contributed by atoms with Crippen molar-refractivity contribution >= 4 is 118 Å². The molecule has 21 heteroatoms. The van der Waals surface area contributed by atoms with E-state index in [1.165, 1.54) is 34.7 Å². The van der Waals surface area contributed by atoms with Crippen LogP contribution in [0.5, 0.6) is 11.5 Å². The summed E-state index contributed by atoms with van der Waals surface area (Å²) in [5, 5.41) is 22.3. The third-order valence-electron chi connectivity index (χ3n) is 9.98. The van der Waals surface area contributed by atoms with Gasteiger partial charge in [0.2, 0.25) is 11.4 Å². The summed E-state index contributed by atoms with van der Waals surface area (Å²) in [5.74, 6) is 3.19. The van der Waals surface area contributed by atoms with E-state index in [0.29, 0.717) is 0 Å². The Balaban J connectivity index is -0.00000107. The van der Waals surface area contributed by atoms with E-state index in [-0.39, 0.29) is 76.5 Å². The quantitative estimate of drug-likeness (QED) is 0.0671. The molecule has 0 saturated carbocycles. The van der Waals surface area contributed by atoms with Crippen LogP contribution < -0.4 is 19.5 Å². The van der Waals surface area contributed by atoms with Crippen LogP contribution in [-0.2, 0) is 13.1 Å². The maximum Gasteiger partial charge on any atom is 0.402 e. The summed E-state index contributed by atoms with van der Waals surface area (Å²) in [5.41, 5.74) is 4.18. The molecule has 2 fully saturated rings. The normalized spacial score (nSPS) is 14.4. The summed E-state index contributed by atoms with van der Waals surface area (Å²) in [4.78, 5) is 16.0. The van der Waals surface area contributed by atoms with Crippen molar-refractivity contribution in [3.63, 3.8) is 0 Å². The molecule has 0 aliphatic carbocycles. The molecule has 13 nitrogen and oxygen atoms in total. The average molecular weight is 1070 g/mol. The summed E-state index contributed by atoms with van der Waals surface area (Å²) in [6.45, 7) is 12.8. The standard InChI is InChI=1S/2C22H28ClN3O2S.4ClH.3H2O/c2*1-28-21-6-3-2-5-20(21)24-22(27)29-16-4-11-25-12-14-26(15-13-25)17-18-7-9-19(23)10-8-18;;;;;;;/h2*2-3,5-10H,4,11-17H2,1H3,(H,24,27);4*1H;3*1H2/p+2. The van der Waals surface area contributed by atoms with Crippen LogP contribution in [0.3, 0.4) is 0 Å². The molecule has 2 aliphatic rings. The van der Waals surface area contributed by atoms with Gasteiger partial charge in [0.1, 0.15) is 0 Å². The van der Waals surface area contributed by atoms with Gasteiger partial charge < -0.3 is 45.9 Å². The van der Waals surface area contributed by atoms with E-state index in [1.54, 1.807) is 14.2 Å². The van der Waals surface area contributed by atoms with Gasteiger partial charge in [0, 0.05) is 99.1 Å². The fourth-order valence-corrected chi connectivity index (χ4v) is 8.30. The van der Waals surface area contributed by atoms with Gasteiger partial charge in [-0.1, -0.05) is 71.7 Å². The number of aliphatic hydroxyl groups excluding tert-OH is 2. The highest BCUT2D eigenvalue weighted by Crippen LogP contribution is 2.19. The van der Waals surface area contributed by atoms with Crippen LogP contribution in [0, 0.1) is 0 Å². The van der Waals surface area contributed by atoms with Gasteiger partial charge in [-0.25, -0.2) is 0 Å². The van der Waals surface area contributed by atoms with Gasteiger partial charge in [-0.15, -0.1) is 49.6 Å². The van der Waals surface area contributed by atoms with E-state index < -0.39 is 0 Å². The first kappa shape index (κ1) is 66.9. The Morgan fingerprint density at radius 2 is 0.815 bits per heavy atom. The smallest absolute Gasteiger partial charge is 0.402 e. The zero-order valence-electron chi connectivity index (χ0n) is 36.8. The number of rotatable bonds is 16. The Labute approximate surface area is 427 Å². The SMILES string of the molecule is COc1ccccc1[NH+]=C(O)SCCCN1CCN(Cc2ccc(Cl)cc2)CC1.COc1ccccc1[NH+]=C(O)SCCCN1CCN(Cc2ccc(Cl)cc2)CC1.Cl.Cl.Cl.Cl.O.O.O. The van der Waals surface area contributed by atoms with E-state index in [1.807, 2.05) is 72.8 Å². The molecule has 4 aromatic carbocycles. The molecule has 10 N–H and O–H groups in total. The van der Waals surface area contributed by atoms with Crippen molar-refractivity contribution in [2.75, 3.05) is 91.2 Å². The number of nitrogens with one attached hydrogen (secondary N) is 2. The second-order valence-corrected chi connectivity index (χ2v) is 17.2. The van der Waals surface area contributed by atoms with Gasteiger partial charge in [0.05, 0.1) is 14.2 Å². The zero-order valence-corrected chi connectivity index (χ0v) is 43.2. The molecule has 65 heavy (non-hydrogen) atoms. The number of methoxy groups -OCH3 is 2. The van der Waals surface area contributed by atoms with Gasteiger partial charge in [0.25, 0.3) is 0 Å². The van der Waals surface area contributed by atoms with Crippen molar-refractivity contribution < 1.29 is 46.1 Å². The molecule has 2 heterocycles. The number of ether oxygens (including phenoxy) is 2. The summed E-state index contributed by atoms with van der Waals surface area (Å²) in [6.07, 6.45) is 2.08. The van der Waals surface area contributed by atoms with Crippen molar-refractivity contribution in [2.24, 2.45) is 0 Å². The van der Waals surface area contributed by atoms with Gasteiger partial charge in [0.15, 0.2) is 11.5 Å². The van der Waals surface area contributed by atoms with Gasteiger partial charge in [-0.05, 0) is 97.0 Å². The molecule has 6 rings (SSSR count). The molecule has 2 aliphatic heterocycles. The third-order valence-corrected chi connectivity index (χ3v) is 12.2. The predicted octanol–water partition coefficient (Wildman–Crippen LogP) is 5.04. The number of halogens is 6. The summed E-state index contributed by atoms with van der Waals surface area (Å²) in [6, 6.07) is 31.4. The van der Waals surface area contributed by atoms with Crippen LogP contribution >= 0.6 is 96.4 Å². The summed E-state index contributed by atoms with van der Waals surface area (Å²) in [7, 11) is 3.25. The second kappa shape index (κ2) is 37.5. The molecule has 0 amide bonds. The number of para-hydroxylation sites is 4. The molecular formula is C44H68Cl6N6O7S2+2. The Bertz CT molecular complexity index is 1750. The first-order valence-corrected chi connectivity index (χ1v) is 22.6. The van der Waals surface area contributed by atoms with E-state index >= 15 is 0 Å². The molecule has 4 aromatic rings. The average Bonchev–Trinajstić information content (AvgIpc) is 3.24. The Kier molecular flexibility index (Phi) is 38.6. The molecule has 368 valence electrons. The zero-order chi connectivity index (χ0) is 41.0. The molecule has 0 unspecified atom stereocenters. The van der Waals surface area contributed by atoms with Crippen LogP contribution in [0.2, 0.25) is 10.0 Å². The lowest BCUT2D eigenvalue weighted by Gasteiger charge is -2.34. The van der Waals surface area contributed by atoms with Crippen LogP contribution in [0.25, 0.3) is 0 Å². The van der Waals surface area contributed by atoms with Crippen molar-refractivity contribution in [3.05, 3.63) is 118 Å².